The van der Waals surface area contributed by atoms with Crippen LogP contribution in [0.15, 0.2) is 12.7 Å². The molecule has 0 spiro atoms. The lowest BCUT2D eigenvalue weighted by atomic mass is 10.1. The van der Waals surface area contributed by atoms with Crippen molar-refractivity contribution in [1.82, 2.24) is 19.7 Å². The minimum absolute atomic E-state index is 0.414. The van der Waals surface area contributed by atoms with Crippen LogP contribution in [0.5, 0.6) is 0 Å². The highest BCUT2D eigenvalue weighted by molar-refractivity contribution is 14.1. The van der Waals surface area contributed by atoms with Gasteiger partial charge in [-0.15, -0.1) is 4.73 Å². The Bertz CT molecular complexity index is 623. The summed E-state index contributed by atoms with van der Waals surface area (Å²) in [6, 6.07) is 0. The molecule has 2 aromatic heterocycles. The number of aliphatic hydroxyl groups is 3. The van der Waals surface area contributed by atoms with Crippen molar-refractivity contribution in [2.45, 2.75) is 24.6 Å². The second kappa shape index (κ2) is 5.37. The van der Waals surface area contributed by atoms with E-state index in [9.17, 15) is 10.2 Å². The van der Waals surface area contributed by atoms with Crippen LogP contribution in [0, 0.1) is 3.70 Å². The van der Waals surface area contributed by atoms with E-state index in [2.05, 4.69) is 15.0 Å². The van der Waals surface area contributed by atoms with Gasteiger partial charge in [-0.3, -0.25) is 0 Å². The maximum Gasteiger partial charge on any atom is 0.254 e. The van der Waals surface area contributed by atoms with E-state index in [1.165, 1.54) is 17.4 Å². The first-order chi connectivity index (χ1) is 9.61. The Morgan fingerprint density at radius 1 is 1.30 bits per heavy atom. The Hall–Kier alpha value is -1.08. The summed E-state index contributed by atoms with van der Waals surface area (Å²) in [5.74, 6) is 0. The summed E-state index contributed by atoms with van der Waals surface area (Å²) >= 11 is 2.02. The number of hydrogen-bond acceptors (Lipinski definition) is 8. The molecule has 4 atom stereocenters. The van der Waals surface area contributed by atoms with Crippen molar-refractivity contribution in [2.75, 3.05) is 6.61 Å². The lowest BCUT2D eigenvalue weighted by Crippen LogP contribution is -2.38. The molecule has 0 unspecified atom stereocenters. The van der Waals surface area contributed by atoms with E-state index in [-0.39, 0.29) is 0 Å². The van der Waals surface area contributed by atoms with Crippen molar-refractivity contribution in [3.8, 4) is 0 Å². The van der Waals surface area contributed by atoms with Crippen molar-refractivity contribution in [2.24, 2.45) is 0 Å². The number of aliphatic hydroxyl groups excluding tert-OH is 3. The Balaban J connectivity index is 1.85. The predicted molar refractivity (Wildman–Crippen MR) is 72.4 cm³/mol. The van der Waals surface area contributed by atoms with Gasteiger partial charge in [-0.2, -0.15) is 0 Å². The van der Waals surface area contributed by atoms with Crippen molar-refractivity contribution < 1.29 is 24.9 Å². The third-order valence-electron chi connectivity index (χ3n) is 2.97. The van der Waals surface area contributed by atoms with E-state index >= 15 is 0 Å². The molecule has 0 aliphatic carbocycles. The number of rotatable bonds is 3. The van der Waals surface area contributed by atoms with E-state index in [0.717, 1.165) is 0 Å². The average Bonchev–Trinajstić information content (AvgIpc) is 2.97. The second-order valence-corrected chi connectivity index (χ2v) is 5.24. The summed E-state index contributed by atoms with van der Waals surface area (Å²) in [7, 11) is 0. The topological polar surface area (TPSA) is 123 Å². The minimum Gasteiger partial charge on any atom is -0.394 e. The summed E-state index contributed by atoms with van der Waals surface area (Å²) in [4.78, 5) is 17.5. The first-order valence-corrected chi connectivity index (χ1v) is 6.83. The number of imidazole rings is 1. The zero-order valence-electron chi connectivity index (χ0n) is 10.00. The summed E-state index contributed by atoms with van der Waals surface area (Å²) in [5.41, 5.74) is 0.974. The van der Waals surface area contributed by atoms with Crippen LogP contribution in [-0.2, 0) is 4.74 Å². The molecule has 108 valence electrons. The highest BCUT2D eigenvalue weighted by Gasteiger charge is 2.44. The van der Waals surface area contributed by atoms with Gasteiger partial charge in [-0.25, -0.2) is 15.0 Å². The first kappa shape index (κ1) is 13.9. The molecule has 1 saturated heterocycles. The van der Waals surface area contributed by atoms with Gasteiger partial charge in [0.25, 0.3) is 6.29 Å². The zero-order valence-corrected chi connectivity index (χ0v) is 12.2. The normalized spacial score (nSPS) is 30.0. The molecule has 1 aliphatic rings. The van der Waals surface area contributed by atoms with Crippen LogP contribution in [0.2, 0.25) is 0 Å². The van der Waals surface area contributed by atoms with Gasteiger partial charge >= 0.3 is 0 Å². The Kier molecular flexibility index (Phi) is 3.72. The van der Waals surface area contributed by atoms with Crippen LogP contribution in [0.1, 0.15) is 0 Å². The second-order valence-electron chi connectivity index (χ2n) is 4.22. The molecule has 0 aromatic carbocycles. The predicted octanol–water partition coefficient (Wildman–Crippen LogP) is -1.70. The minimum atomic E-state index is -1.27. The van der Waals surface area contributed by atoms with E-state index in [4.69, 9.17) is 14.7 Å². The fourth-order valence-electron chi connectivity index (χ4n) is 1.93. The number of nitrogens with zero attached hydrogens (tertiary/aromatic N) is 4. The van der Waals surface area contributed by atoms with Gasteiger partial charge in [0.05, 0.1) is 6.61 Å². The van der Waals surface area contributed by atoms with Crippen LogP contribution in [0.25, 0.3) is 11.2 Å². The fourth-order valence-corrected chi connectivity index (χ4v) is 2.43. The lowest BCUT2D eigenvalue weighted by molar-refractivity contribution is -0.169. The van der Waals surface area contributed by atoms with Crippen LogP contribution < -0.4 is 4.84 Å². The molecule has 0 amide bonds. The first-order valence-electron chi connectivity index (χ1n) is 5.75. The summed E-state index contributed by atoms with van der Waals surface area (Å²) in [6.07, 6.45) is -1.76. The molecule has 0 saturated carbocycles. The van der Waals surface area contributed by atoms with Crippen molar-refractivity contribution >= 4 is 33.8 Å². The third kappa shape index (κ3) is 2.22. The SMILES string of the molecule is OC[C@H]1O[C@@H](On2cnc3c(I)ncnc32)[C@@H](O)[C@@H]1O. The van der Waals surface area contributed by atoms with E-state index in [1.54, 1.807) is 0 Å². The number of aromatic nitrogens is 4. The highest BCUT2D eigenvalue weighted by Crippen LogP contribution is 2.21. The van der Waals surface area contributed by atoms with Crippen LogP contribution >= 0.6 is 22.6 Å². The number of fused-ring (bicyclic) bond motifs is 1. The summed E-state index contributed by atoms with van der Waals surface area (Å²) in [6.45, 7) is -0.414. The number of hydrogen-bond donors (Lipinski definition) is 3. The Morgan fingerprint density at radius 2 is 2.10 bits per heavy atom. The summed E-state index contributed by atoms with van der Waals surface area (Å²) < 4.78 is 7.12. The monoisotopic (exact) mass is 394 g/mol. The lowest BCUT2D eigenvalue weighted by Gasteiger charge is -2.16. The van der Waals surface area contributed by atoms with Crippen LogP contribution in [0.4, 0.5) is 0 Å². The van der Waals surface area contributed by atoms with Crippen molar-refractivity contribution in [3.63, 3.8) is 0 Å². The Morgan fingerprint density at radius 3 is 2.80 bits per heavy atom. The molecule has 3 rings (SSSR count). The maximum atomic E-state index is 9.81. The van der Waals surface area contributed by atoms with Gasteiger partial charge in [0.1, 0.15) is 40.2 Å². The fraction of sp³-hybridized carbons (Fsp3) is 0.500. The van der Waals surface area contributed by atoms with Gasteiger partial charge < -0.3 is 24.9 Å². The largest absolute Gasteiger partial charge is 0.394 e. The molecule has 2 aromatic rings. The third-order valence-corrected chi connectivity index (χ3v) is 3.76. The van der Waals surface area contributed by atoms with Crippen molar-refractivity contribution in [3.05, 3.63) is 16.4 Å². The smallest absolute Gasteiger partial charge is 0.254 e. The van der Waals surface area contributed by atoms with Gasteiger partial charge in [0.15, 0.2) is 5.65 Å². The van der Waals surface area contributed by atoms with Crippen LogP contribution in [-0.4, -0.2) is 66.2 Å². The molecule has 3 N–H and O–H groups in total. The molecular formula is C10H11IN4O5. The number of halogens is 1. The standard InChI is InChI=1S/C10H11IN4O5/c11-8-5-9(13-2-12-8)15(3-14-5)20-10-7(18)6(17)4(1-16)19-10/h2-4,6-7,10,16-18H,1H2/t4-,6-,7+,10+/m1/s1. The van der Waals surface area contributed by atoms with Gasteiger partial charge in [0, 0.05) is 0 Å². The number of ether oxygens (including phenoxy) is 1. The quantitative estimate of drug-likeness (QED) is 0.416. The summed E-state index contributed by atoms with van der Waals surface area (Å²) in [5, 5.41) is 28.5. The molecule has 0 radical (unpaired) electrons. The highest BCUT2D eigenvalue weighted by atomic mass is 127. The molecule has 3 heterocycles. The Labute approximate surface area is 126 Å². The average molecular weight is 394 g/mol. The maximum absolute atomic E-state index is 9.81. The van der Waals surface area contributed by atoms with Gasteiger partial charge in [0.2, 0.25) is 0 Å². The molecule has 1 aliphatic heterocycles. The molecule has 9 nitrogen and oxygen atoms in total. The molecule has 0 bridgehead atoms. The molecule has 1 fully saturated rings. The van der Waals surface area contributed by atoms with Gasteiger partial charge in [-0.1, -0.05) is 0 Å². The molecule has 10 heteroatoms. The molecule has 20 heavy (non-hydrogen) atoms. The van der Waals surface area contributed by atoms with E-state index in [0.29, 0.717) is 14.9 Å². The molecular weight excluding hydrogens is 383 g/mol. The zero-order chi connectivity index (χ0) is 14.3. The van der Waals surface area contributed by atoms with E-state index < -0.39 is 31.2 Å². The van der Waals surface area contributed by atoms with E-state index in [1.807, 2.05) is 22.6 Å². The van der Waals surface area contributed by atoms with Gasteiger partial charge in [-0.05, 0) is 22.6 Å². The van der Waals surface area contributed by atoms with Crippen molar-refractivity contribution in [1.29, 1.82) is 0 Å². The van der Waals surface area contributed by atoms with Crippen LogP contribution in [0.3, 0.4) is 0 Å².